The molecule has 178 valence electrons. The summed E-state index contributed by atoms with van der Waals surface area (Å²) in [6.07, 6.45) is 0. The first-order chi connectivity index (χ1) is 16.5. The van der Waals surface area contributed by atoms with Crippen LogP contribution in [0.25, 0.3) is 11.0 Å². The second-order valence-corrected chi connectivity index (χ2v) is 8.71. The molecule has 0 saturated carbocycles. The molecule has 2 aliphatic rings. The Hall–Kier alpha value is -3.07. The molecule has 0 aliphatic carbocycles. The van der Waals surface area contributed by atoms with Crippen molar-refractivity contribution in [3.05, 3.63) is 68.5 Å². The Bertz CT molecular complexity index is 1300. The van der Waals surface area contributed by atoms with Crippen LogP contribution in [-0.4, -0.2) is 69.3 Å². The Morgan fingerprint density at radius 3 is 2.56 bits per heavy atom. The molecule has 1 fully saturated rings. The molecule has 0 spiro atoms. The van der Waals surface area contributed by atoms with Gasteiger partial charge in [-0.15, -0.1) is 0 Å². The van der Waals surface area contributed by atoms with E-state index >= 15 is 0 Å². The van der Waals surface area contributed by atoms with E-state index in [1.54, 1.807) is 55.5 Å². The molecule has 0 unspecified atom stereocenters. The van der Waals surface area contributed by atoms with Crippen molar-refractivity contribution in [2.24, 2.45) is 0 Å². The Morgan fingerprint density at radius 1 is 1.03 bits per heavy atom. The number of nitrogens with zero attached hydrogens (tertiary/aromatic N) is 2. The van der Waals surface area contributed by atoms with Gasteiger partial charge < -0.3 is 23.5 Å². The highest BCUT2D eigenvalue weighted by Gasteiger charge is 2.44. The van der Waals surface area contributed by atoms with E-state index in [0.717, 1.165) is 13.1 Å². The van der Waals surface area contributed by atoms with Gasteiger partial charge in [0.05, 0.1) is 44.4 Å². The first kappa shape index (κ1) is 22.7. The quantitative estimate of drug-likeness (QED) is 0.530. The van der Waals surface area contributed by atoms with E-state index in [1.807, 2.05) is 0 Å². The summed E-state index contributed by atoms with van der Waals surface area (Å²) in [6.45, 7) is 3.96. The lowest BCUT2D eigenvalue weighted by Crippen LogP contribution is -2.42. The maximum atomic E-state index is 13.7. The molecule has 1 aromatic heterocycles. The zero-order chi connectivity index (χ0) is 23.8. The van der Waals surface area contributed by atoms with Crippen molar-refractivity contribution in [3.63, 3.8) is 0 Å². The Labute approximate surface area is 201 Å². The van der Waals surface area contributed by atoms with Gasteiger partial charge >= 0.3 is 0 Å². The molecule has 3 heterocycles. The minimum atomic E-state index is -0.687. The van der Waals surface area contributed by atoms with Crippen LogP contribution in [0.5, 0.6) is 11.5 Å². The van der Waals surface area contributed by atoms with E-state index in [-0.39, 0.29) is 22.7 Å². The van der Waals surface area contributed by atoms with Crippen LogP contribution in [0.3, 0.4) is 0 Å². The molecule has 2 aliphatic heterocycles. The van der Waals surface area contributed by atoms with Gasteiger partial charge in [0.2, 0.25) is 5.76 Å². The molecule has 0 N–H and O–H groups in total. The molecule has 8 nitrogen and oxygen atoms in total. The second-order valence-electron chi connectivity index (χ2n) is 8.28. The van der Waals surface area contributed by atoms with Crippen molar-refractivity contribution < 1.29 is 23.4 Å². The summed E-state index contributed by atoms with van der Waals surface area (Å²) in [4.78, 5) is 31.3. The van der Waals surface area contributed by atoms with Gasteiger partial charge in [-0.05, 0) is 36.4 Å². The van der Waals surface area contributed by atoms with Gasteiger partial charge in [0.1, 0.15) is 17.1 Å². The average molecular weight is 485 g/mol. The SMILES string of the molecule is COc1ccc(OC)c([C@H]2c3c(oc4ccc(Cl)cc4c3=O)C(=O)N2CCN2CCOCC2)c1. The van der Waals surface area contributed by atoms with E-state index in [9.17, 15) is 9.59 Å². The summed E-state index contributed by atoms with van der Waals surface area (Å²) >= 11 is 6.17. The Kier molecular flexibility index (Phi) is 6.20. The molecule has 5 rings (SSSR count). The fourth-order valence-corrected chi connectivity index (χ4v) is 4.85. The molecule has 1 atom stereocenters. The molecular formula is C25H25ClN2O6. The lowest BCUT2D eigenvalue weighted by molar-refractivity contribution is 0.0314. The molecule has 34 heavy (non-hydrogen) atoms. The smallest absolute Gasteiger partial charge is 0.290 e. The van der Waals surface area contributed by atoms with Crippen molar-refractivity contribution in [2.45, 2.75) is 6.04 Å². The van der Waals surface area contributed by atoms with Crippen molar-refractivity contribution in [1.82, 2.24) is 9.80 Å². The molecule has 9 heteroatoms. The third-order valence-corrected chi connectivity index (χ3v) is 6.66. The van der Waals surface area contributed by atoms with Gasteiger partial charge in [-0.25, -0.2) is 0 Å². The van der Waals surface area contributed by atoms with Crippen LogP contribution in [0.15, 0.2) is 45.6 Å². The molecule has 1 amide bonds. The van der Waals surface area contributed by atoms with Gasteiger partial charge in [0.15, 0.2) is 5.43 Å². The third kappa shape index (κ3) is 3.91. The minimum absolute atomic E-state index is 0.0525. The summed E-state index contributed by atoms with van der Waals surface area (Å²) in [5.74, 6) is 0.871. The number of rotatable bonds is 6. The zero-order valence-electron chi connectivity index (χ0n) is 19.0. The first-order valence-electron chi connectivity index (χ1n) is 11.1. The Morgan fingerprint density at radius 2 is 1.82 bits per heavy atom. The number of carbonyl (C=O) groups is 1. The van der Waals surface area contributed by atoms with Crippen LogP contribution in [0, 0.1) is 0 Å². The summed E-state index contributed by atoms with van der Waals surface area (Å²) < 4.78 is 22.5. The number of ether oxygens (including phenoxy) is 3. The number of hydrogen-bond acceptors (Lipinski definition) is 7. The molecule has 3 aromatic rings. The lowest BCUT2D eigenvalue weighted by atomic mass is 9.97. The molecule has 0 bridgehead atoms. The molecule has 1 saturated heterocycles. The zero-order valence-corrected chi connectivity index (χ0v) is 19.8. The topological polar surface area (TPSA) is 81.5 Å². The van der Waals surface area contributed by atoms with Crippen LogP contribution >= 0.6 is 11.6 Å². The summed E-state index contributed by atoms with van der Waals surface area (Å²) in [6, 6.07) is 9.49. The van der Waals surface area contributed by atoms with E-state index < -0.39 is 6.04 Å². The van der Waals surface area contributed by atoms with E-state index in [2.05, 4.69) is 4.90 Å². The normalized spacial score (nSPS) is 18.4. The number of carbonyl (C=O) groups excluding carboxylic acids is 1. The number of amides is 1. The monoisotopic (exact) mass is 484 g/mol. The summed E-state index contributed by atoms with van der Waals surface area (Å²) in [7, 11) is 3.13. The first-order valence-corrected chi connectivity index (χ1v) is 11.5. The maximum Gasteiger partial charge on any atom is 0.290 e. The number of benzene rings is 2. The molecule has 0 radical (unpaired) electrons. The standard InChI is InChI=1S/C25H25ClN2O6/c1-31-16-4-6-19(32-2)17(14-16)22-21-23(29)18-13-15(26)3-5-20(18)34-24(21)25(30)28(22)8-7-27-9-11-33-12-10-27/h3-6,13-14,22H,7-12H2,1-2H3/t22-/m0/s1. The van der Waals surface area contributed by atoms with E-state index in [4.69, 9.17) is 30.2 Å². The number of hydrogen-bond donors (Lipinski definition) is 0. The highest BCUT2D eigenvalue weighted by molar-refractivity contribution is 6.31. The van der Waals surface area contributed by atoms with Crippen molar-refractivity contribution in [1.29, 1.82) is 0 Å². The van der Waals surface area contributed by atoms with Crippen LogP contribution in [0.1, 0.15) is 27.7 Å². The average Bonchev–Trinajstić information content (AvgIpc) is 3.15. The summed E-state index contributed by atoms with van der Waals surface area (Å²) in [5.41, 5.74) is 0.988. The fourth-order valence-electron chi connectivity index (χ4n) is 4.67. The van der Waals surface area contributed by atoms with Crippen LogP contribution in [0.4, 0.5) is 0 Å². The number of halogens is 1. The maximum absolute atomic E-state index is 13.7. The number of morpholine rings is 1. The van der Waals surface area contributed by atoms with Gasteiger partial charge in [-0.1, -0.05) is 11.6 Å². The molecular weight excluding hydrogens is 460 g/mol. The second kappa shape index (κ2) is 9.29. The minimum Gasteiger partial charge on any atom is -0.497 e. The van der Waals surface area contributed by atoms with E-state index in [1.165, 1.54) is 0 Å². The van der Waals surface area contributed by atoms with Gasteiger partial charge in [-0.2, -0.15) is 0 Å². The van der Waals surface area contributed by atoms with Gasteiger partial charge in [-0.3, -0.25) is 14.5 Å². The largest absolute Gasteiger partial charge is 0.497 e. The van der Waals surface area contributed by atoms with Gasteiger partial charge in [0.25, 0.3) is 5.91 Å². The van der Waals surface area contributed by atoms with Gasteiger partial charge in [0, 0.05) is 36.8 Å². The van der Waals surface area contributed by atoms with Crippen LogP contribution < -0.4 is 14.9 Å². The molecule has 2 aromatic carbocycles. The van der Waals surface area contributed by atoms with Crippen molar-refractivity contribution >= 4 is 28.5 Å². The van der Waals surface area contributed by atoms with Crippen molar-refractivity contribution in [2.75, 3.05) is 53.6 Å². The van der Waals surface area contributed by atoms with Crippen molar-refractivity contribution in [3.8, 4) is 11.5 Å². The summed E-state index contributed by atoms with van der Waals surface area (Å²) in [5, 5.41) is 0.754. The lowest BCUT2D eigenvalue weighted by Gasteiger charge is -2.31. The number of fused-ring (bicyclic) bond motifs is 2. The predicted octanol–water partition coefficient (Wildman–Crippen LogP) is 3.34. The highest BCUT2D eigenvalue weighted by atomic mass is 35.5. The Balaban J connectivity index is 1.66. The highest BCUT2D eigenvalue weighted by Crippen LogP contribution is 2.42. The van der Waals surface area contributed by atoms with Crippen LogP contribution in [0.2, 0.25) is 5.02 Å². The fraction of sp³-hybridized carbons (Fsp3) is 0.360. The van der Waals surface area contributed by atoms with E-state index in [0.29, 0.717) is 59.4 Å². The predicted molar refractivity (Wildman–Crippen MR) is 127 cm³/mol. The third-order valence-electron chi connectivity index (χ3n) is 6.42. The van der Waals surface area contributed by atoms with Crippen LogP contribution in [-0.2, 0) is 4.74 Å². The number of methoxy groups -OCH3 is 2.